The number of hydrogen-bond donors (Lipinski definition) is 2. The fraction of sp³-hybridized carbons (Fsp3) is 0.500. The van der Waals surface area contributed by atoms with Crippen molar-refractivity contribution in [2.24, 2.45) is 0 Å². The number of carbonyl (C=O) groups excluding carboxylic acids is 1. The third kappa shape index (κ3) is 5.15. The largest absolute Gasteiger partial charge is 0.460 e. The Balaban J connectivity index is 1.38. The molecule has 0 radical (unpaired) electrons. The molecule has 2 N–H and O–H groups in total. The highest BCUT2D eigenvalue weighted by atomic mass is 32.2. The lowest BCUT2D eigenvalue weighted by atomic mass is 9.95. The fourth-order valence-corrected chi connectivity index (χ4v) is 6.80. The first-order valence-corrected chi connectivity index (χ1v) is 14.2. The summed E-state index contributed by atoms with van der Waals surface area (Å²) in [5.74, 6) is 0.0108. The summed E-state index contributed by atoms with van der Waals surface area (Å²) < 4.78 is 34.7. The van der Waals surface area contributed by atoms with Crippen molar-refractivity contribution in [1.82, 2.24) is 19.1 Å². The zero-order valence-corrected chi connectivity index (χ0v) is 22.2. The summed E-state index contributed by atoms with van der Waals surface area (Å²) in [4.78, 5) is 27.8. The van der Waals surface area contributed by atoms with E-state index < -0.39 is 21.6 Å². The number of nitrogens with zero attached hydrogens (tertiary/aromatic N) is 3. The molecular weight excluding hydrogens is 494 g/mol. The summed E-state index contributed by atoms with van der Waals surface area (Å²) in [6.07, 6.45) is 7.17. The molecule has 1 aliphatic heterocycles. The molecule has 1 saturated carbocycles. The summed E-state index contributed by atoms with van der Waals surface area (Å²) in [7, 11) is -3.70. The molecule has 11 heteroatoms. The van der Waals surface area contributed by atoms with E-state index in [4.69, 9.17) is 9.84 Å². The average molecular weight is 528 g/mol. The first kappa shape index (κ1) is 25.5. The number of nitrogens with one attached hydrogen (secondary N) is 2. The quantitative estimate of drug-likeness (QED) is 0.460. The van der Waals surface area contributed by atoms with Crippen LogP contribution in [0.4, 0.5) is 11.5 Å². The fourth-order valence-electron chi connectivity index (χ4n) is 5.18. The zero-order valence-electron chi connectivity index (χ0n) is 21.4. The van der Waals surface area contributed by atoms with Gasteiger partial charge in [0.15, 0.2) is 5.82 Å². The van der Waals surface area contributed by atoms with Crippen LogP contribution in [0.3, 0.4) is 0 Å². The number of benzene rings is 1. The molecule has 5 rings (SSSR count). The lowest BCUT2D eigenvalue weighted by Crippen LogP contribution is -2.30. The van der Waals surface area contributed by atoms with E-state index in [1.54, 1.807) is 45.2 Å². The van der Waals surface area contributed by atoms with Gasteiger partial charge in [-0.15, -0.1) is 0 Å². The van der Waals surface area contributed by atoms with Crippen LogP contribution in [0, 0.1) is 0 Å². The molecule has 0 amide bonds. The van der Waals surface area contributed by atoms with Crippen LogP contribution in [0.2, 0.25) is 0 Å². The van der Waals surface area contributed by atoms with Crippen molar-refractivity contribution in [3.05, 3.63) is 46.4 Å². The van der Waals surface area contributed by atoms with Gasteiger partial charge in [0.25, 0.3) is 5.56 Å². The van der Waals surface area contributed by atoms with Gasteiger partial charge in [-0.1, -0.05) is 19.3 Å². The summed E-state index contributed by atoms with van der Waals surface area (Å²) >= 11 is 0. The van der Waals surface area contributed by atoms with E-state index in [0.717, 1.165) is 31.2 Å². The minimum atomic E-state index is -3.70. The number of fused-ring (bicyclic) bond motifs is 2. The average Bonchev–Trinajstić information content (AvgIpc) is 3.32. The van der Waals surface area contributed by atoms with Gasteiger partial charge in [-0.3, -0.25) is 14.3 Å². The number of aromatic nitrogens is 3. The first-order chi connectivity index (χ1) is 17.5. The van der Waals surface area contributed by atoms with Crippen LogP contribution in [0.5, 0.6) is 0 Å². The molecule has 1 aliphatic carbocycles. The second-order valence-electron chi connectivity index (χ2n) is 10.8. The van der Waals surface area contributed by atoms with Gasteiger partial charge in [0.05, 0.1) is 22.9 Å². The van der Waals surface area contributed by atoms with Crippen LogP contribution in [-0.2, 0) is 26.1 Å². The number of sulfonamides is 1. The van der Waals surface area contributed by atoms with Crippen molar-refractivity contribution in [2.45, 2.75) is 82.4 Å². The van der Waals surface area contributed by atoms with Crippen LogP contribution in [0.1, 0.15) is 70.9 Å². The Labute approximate surface area is 216 Å². The second kappa shape index (κ2) is 9.60. The molecule has 10 nitrogen and oxygen atoms in total. The Kier molecular flexibility index (Phi) is 6.61. The molecule has 1 aromatic carbocycles. The topological polar surface area (TPSA) is 126 Å². The number of ether oxygens (including phenoxy) is 1. The maximum Gasteiger partial charge on any atom is 0.307 e. The number of esters is 1. The van der Waals surface area contributed by atoms with E-state index in [1.165, 1.54) is 10.7 Å². The molecule has 198 valence electrons. The number of pyridine rings is 1. The summed E-state index contributed by atoms with van der Waals surface area (Å²) in [5, 5.41) is 8.53. The molecule has 0 unspecified atom stereocenters. The molecule has 2 aromatic heterocycles. The van der Waals surface area contributed by atoms with Gasteiger partial charge in [0.2, 0.25) is 10.0 Å². The highest BCUT2D eigenvalue weighted by Gasteiger charge is 2.35. The minimum absolute atomic E-state index is 0.0248. The molecular formula is C26H33N5O5S. The Morgan fingerprint density at radius 3 is 2.68 bits per heavy atom. The van der Waals surface area contributed by atoms with Gasteiger partial charge < -0.3 is 15.0 Å². The number of rotatable bonds is 6. The lowest BCUT2D eigenvalue weighted by molar-refractivity contribution is -0.154. The van der Waals surface area contributed by atoms with Crippen molar-refractivity contribution in [3.63, 3.8) is 0 Å². The van der Waals surface area contributed by atoms with E-state index in [2.05, 4.69) is 10.3 Å². The Bertz CT molecular complexity index is 1500. The van der Waals surface area contributed by atoms with Gasteiger partial charge in [-0.2, -0.15) is 9.40 Å². The molecule has 0 atom stereocenters. The zero-order chi connectivity index (χ0) is 26.4. The van der Waals surface area contributed by atoms with Crippen molar-refractivity contribution in [1.29, 1.82) is 0 Å². The Hall–Kier alpha value is -3.18. The molecule has 3 heterocycles. The third-order valence-corrected chi connectivity index (χ3v) is 8.77. The number of H-pyrrole nitrogens is 1. The van der Waals surface area contributed by atoms with Crippen LogP contribution in [0.15, 0.2) is 40.2 Å². The summed E-state index contributed by atoms with van der Waals surface area (Å²) in [5.41, 5.74) is 1.20. The van der Waals surface area contributed by atoms with Crippen LogP contribution < -0.4 is 10.9 Å². The monoisotopic (exact) mass is 527 g/mol. The highest BCUT2D eigenvalue weighted by Crippen LogP contribution is 2.35. The predicted molar refractivity (Wildman–Crippen MR) is 140 cm³/mol. The minimum Gasteiger partial charge on any atom is -0.460 e. The normalized spacial score (nSPS) is 18.1. The maximum atomic E-state index is 13.0. The van der Waals surface area contributed by atoms with E-state index in [9.17, 15) is 18.0 Å². The first-order valence-electron chi connectivity index (χ1n) is 12.7. The van der Waals surface area contributed by atoms with E-state index in [0.29, 0.717) is 22.5 Å². The van der Waals surface area contributed by atoms with Gasteiger partial charge in [0, 0.05) is 25.0 Å². The van der Waals surface area contributed by atoms with Gasteiger partial charge in [-0.25, -0.2) is 8.42 Å². The Morgan fingerprint density at radius 1 is 1.19 bits per heavy atom. The predicted octanol–water partition coefficient (Wildman–Crippen LogP) is 4.21. The van der Waals surface area contributed by atoms with Crippen molar-refractivity contribution in [3.8, 4) is 0 Å². The van der Waals surface area contributed by atoms with Crippen LogP contribution in [-0.4, -0.2) is 45.6 Å². The SMILES string of the molecule is CC(C)(C)OC(=O)CCN1Cc2cc(Nc3nn(C4CCCCC4)c4cc[nH]c(=O)c34)ccc2S1(=O)=O. The van der Waals surface area contributed by atoms with E-state index in [-0.39, 0.29) is 36.0 Å². The number of hydrogen-bond acceptors (Lipinski definition) is 7. The number of anilines is 2. The molecule has 2 aliphatic rings. The molecule has 0 saturated heterocycles. The maximum absolute atomic E-state index is 13.0. The van der Waals surface area contributed by atoms with Crippen molar-refractivity contribution in [2.75, 3.05) is 11.9 Å². The Morgan fingerprint density at radius 2 is 1.95 bits per heavy atom. The molecule has 0 spiro atoms. The van der Waals surface area contributed by atoms with E-state index >= 15 is 0 Å². The molecule has 1 fully saturated rings. The lowest BCUT2D eigenvalue weighted by Gasteiger charge is -2.22. The molecule has 37 heavy (non-hydrogen) atoms. The number of carbonyl (C=O) groups is 1. The smallest absolute Gasteiger partial charge is 0.307 e. The van der Waals surface area contributed by atoms with Gasteiger partial charge in [-0.05, 0) is 63.4 Å². The van der Waals surface area contributed by atoms with Crippen LogP contribution in [0.25, 0.3) is 10.9 Å². The van der Waals surface area contributed by atoms with Gasteiger partial charge >= 0.3 is 5.97 Å². The standard InChI is InChI=1S/C26H33N5O5S/c1-26(2,3)36-22(32)12-14-30-16-17-15-18(9-10-21(17)37(30,34)35)28-24-23-20(11-13-27-25(23)33)31(29-24)19-7-5-4-6-8-19/h9-11,13,15,19H,4-8,12,14,16H2,1-3H3,(H,27,33)(H,28,29). The highest BCUT2D eigenvalue weighted by molar-refractivity contribution is 7.89. The number of aromatic amines is 1. The van der Waals surface area contributed by atoms with E-state index in [1.807, 2.05) is 10.7 Å². The van der Waals surface area contributed by atoms with Crippen LogP contribution >= 0.6 is 0 Å². The molecule has 0 bridgehead atoms. The van der Waals surface area contributed by atoms with Gasteiger partial charge in [0.1, 0.15) is 11.0 Å². The van der Waals surface area contributed by atoms with Crippen molar-refractivity contribution >= 4 is 38.4 Å². The summed E-state index contributed by atoms with van der Waals surface area (Å²) in [6.45, 7) is 5.53. The molecule has 3 aromatic rings. The third-order valence-electron chi connectivity index (χ3n) is 6.82. The van der Waals surface area contributed by atoms with Crippen molar-refractivity contribution < 1.29 is 17.9 Å². The second-order valence-corrected chi connectivity index (χ2v) is 12.7. The summed E-state index contributed by atoms with van der Waals surface area (Å²) in [6, 6.07) is 7.13.